The summed E-state index contributed by atoms with van der Waals surface area (Å²) in [5.74, 6) is 0.655. The first-order valence-corrected chi connectivity index (χ1v) is 8.39. The van der Waals surface area contributed by atoms with E-state index in [1.807, 2.05) is 11.6 Å². The molecule has 2 bridgehead atoms. The number of amides is 1. The van der Waals surface area contributed by atoms with E-state index in [0.717, 1.165) is 10.9 Å². The number of piperidine rings is 3. The topological polar surface area (TPSA) is 45.2 Å². The van der Waals surface area contributed by atoms with Gasteiger partial charge in [-0.3, -0.25) is 4.79 Å². The van der Waals surface area contributed by atoms with Crippen LogP contribution in [0.5, 0.6) is 0 Å². The second kappa shape index (κ2) is 5.19. The third-order valence-corrected chi connectivity index (χ3v) is 5.73. The molecular weight excluding hydrogens is 266 g/mol. The Morgan fingerprint density at radius 1 is 1.56 bits per heavy atom. The summed E-state index contributed by atoms with van der Waals surface area (Å²) >= 11 is 3.12. The number of aromatic nitrogens is 1. The molecular formula is C12H17N3OS2. The number of fused-ring (bicyclic) bond motifs is 3. The zero-order chi connectivity index (χ0) is 12.5. The van der Waals surface area contributed by atoms with E-state index in [2.05, 4.69) is 15.2 Å². The zero-order valence-electron chi connectivity index (χ0n) is 10.4. The normalized spacial score (nSPS) is 30.4. The predicted molar refractivity (Wildman–Crippen MR) is 74.3 cm³/mol. The molecule has 3 aliphatic heterocycles. The lowest BCUT2D eigenvalue weighted by molar-refractivity contribution is 0.0618. The first-order valence-electron chi connectivity index (χ1n) is 6.29. The quantitative estimate of drug-likeness (QED) is 0.858. The standard InChI is InChI=1S/C12H17N3OS2/c1-17-12-14-10(7-18-12)11(16)13-9-6-15-4-2-8(9)3-5-15/h7-9H,2-6H2,1H3,(H,13,16)/t9-/m0/s1. The fourth-order valence-corrected chi connectivity index (χ4v) is 4.07. The van der Waals surface area contributed by atoms with Gasteiger partial charge in [0.1, 0.15) is 10.0 Å². The molecule has 3 saturated heterocycles. The number of nitrogens with one attached hydrogen (secondary N) is 1. The van der Waals surface area contributed by atoms with Crippen LogP contribution in [0.2, 0.25) is 0 Å². The van der Waals surface area contributed by atoms with Crippen LogP contribution in [0.25, 0.3) is 0 Å². The van der Waals surface area contributed by atoms with E-state index in [1.54, 1.807) is 11.8 Å². The van der Waals surface area contributed by atoms with E-state index in [1.165, 1.54) is 37.3 Å². The Balaban J connectivity index is 1.64. The number of rotatable bonds is 3. The summed E-state index contributed by atoms with van der Waals surface area (Å²) in [6, 6.07) is 0.319. The van der Waals surface area contributed by atoms with Crippen molar-refractivity contribution in [1.29, 1.82) is 0 Å². The molecule has 1 amide bonds. The lowest BCUT2D eigenvalue weighted by Gasteiger charge is -2.44. The van der Waals surface area contributed by atoms with Crippen LogP contribution in [0, 0.1) is 5.92 Å². The summed E-state index contributed by atoms with van der Waals surface area (Å²) in [5, 5.41) is 5.01. The van der Waals surface area contributed by atoms with Gasteiger partial charge < -0.3 is 10.2 Å². The number of nitrogens with zero attached hydrogens (tertiary/aromatic N) is 2. The number of hydrogen-bond acceptors (Lipinski definition) is 5. The Kier molecular flexibility index (Phi) is 3.59. The summed E-state index contributed by atoms with van der Waals surface area (Å²) in [5.41, 5.74) is 0.570. The third kappa shape index (κ3) is 2.41. The SMILES string of the molecule is CSc1nc(C(=O)N[C@H]2CN3CCC2CC3)cs1. The highest BCUT2D eigenvalue weighted by Crippen LogP contribution is 2.28. The lowest BCUT2D eigenvalue weighted by Crippen LogP contribution is -2.57. The van der Waals surface area contributed by atoms with Crippen LogP contribution >= 0.6 is 23.1 Å². The molecule has 18 heavy (non-hydrogen) atoms. The maximum Gasteiger partial charge on any atom is 0.271 e. The van der Waals surface area contributed by atoms with Gasteiger partial charge in [-0.2, -0.15) is 0 Å². The predicted octanol–water partition coefficient (Wildman–Crippen LogP) is 1.69. The van der Waals surface area contributed by atoms with Crippen molar-refractivity contribution < 1.29 is 4.79 Å². The summed E-state index contributed by atoms with van der Waals surface area (Å²) in [6.07, 6.45) is 4.42. The van der Waals surface area contributed by atoms with Crippen LogP contribution in [-0.4, -0.2) is 47.7 Å². The third-order valence-electron chi connectivity index (χ3n) is 3.86. The summed E-state index contributed by atoms with van der Waals surface area (Å²) in [6.45, 7) is 3.41. The van der Waals surface area contributed by atoms with Crippen molar-refractivity contribution >= 4 is 29.0 Å². The van der Waals surface area contributed by atoms with Gasteiger partial charge in [-0.25, -0.2) is 4.98 Å². The van der Waals surface area contributed by atoms with Crippen molar-refractivity contribution in [2.75, 3.05) is 25.9 Å². The molecule has 0 radical (unpaired) electrons. The van der Waals surface area contributed by atoms with Crippen LogP contribution in [0.1, 0.15) is 23.3 Å². The van der Waals surface area contributed by atoms with Crippen molar-refractivity contribution in [3.05, 3.63) is 11.1 Å². The van der Waals surface area contributed by atoms with Crippen molar-refractivity contribution in [3.8, 4) is 0 Å². The Bertz CT molecular complexity index is 440. The lowest BCUT2D eigenvalue weighted by atomic mass is 9.84. The molecule has 0 aromatic carbocycles. The van der Waals surface area contributed by atoms with Gasteiger partial charge in [-0.1, -0.05) is 11.8 Å². The molecule has 0 unspecified atom stereocenters. The van der Waals surface area contributed by atoms with Gasteiger partial charge in [0, 0.05) is 18.0 Å². The van der Waals surface area contributed by atoms with E-state index < -0.39 is 0 Å². The van der Waals surface area contributed by atoms with Crippen molar-refractivity contribution in [2.24, 2.45) is 5.92 Å². The van der Waals surface area contributed by atoms with Crippen LogP contribution in [0.4, 0.5) is 0 Å². The molecule has 4 nitrogen and oxygen atoms in total. The largest absolute Gasteiger partial charge is 0.346 e. The van der Waals surface area contributed by atoms with E-state index in [0.29, 0.717) is 17.7 Å². The highest BCUT2D eigenvalue weighted by atomic mass is 32.2. The van der Waals surface area contributed by atoms with Crippen molar-refractivity contribution in [1.82, 2.24) is 15.2 Å². The summed E-state index contributed by atoms with van der Waals surface area (Å²) < 4.78 is 0.953. The van der Waals surface area contributed by atoms with Gasteiger partial charge >= 0.3 is 0 Å². The van der Waals surface area contributed by atoms with Gasteiger partial charge in [0.15, 0.2) is 0 Å². The molecule has 1 N–H and O–H groups in total. The fraction of sp³-hybridized carbons (Fsp3) is 0.667. The van der Waals surface area contributed by atoms with Crippen LogP contribution < -0.4 is 5.32 Å². The second-order valence-electron chi connectivity index (χ2n) is 4.92. The number of thiazole rings is 1. The summed E-state index contributed by atoms with van der Waals surface area (Å²) in [4.78, 5) is 18.9. The Morgan fingerprint density at radius 2 is 2.33 bits per heavy atom. The molecule has 6 heteroatoms. The highest BCUT2D eigenvalue weighted by Gasteiger charge is 2.35. The molecule has 4 rings (SSSR count). The van der Waals surface area contributed by atoms with Crippen molar-refractivity contribution in [2.45, 2.75) is 23.2 Å². The van der Waals surface area contributed by atoms with Gasteiger partial charge in [0.25, 0.3) is 5.91 Å². The van der Waals surface area contributed by atoms with Crippen molar-refractivity contribution in [3.63, 3.8) is 0 Å². The first-order chi connectivity index (χ1) is 8.76. The molecule has 4 heterocycles. The monoisotopic (exact) mass is 283 g/mol. The van der Waals surface area contributed by atoms with E-state index in [-0.39, 0.29) is 5.91 Å². The molecule has 98 valence electrons. The van der Waals surface area contributed by atoms with Gasteiger partial charge in [0.05, 0.1) is 0 Å². The molecule has 3 fully saturated rings. The van der Waals surface area contributed by atoms with Gasteiger partial charge in [0.2, 0.25) is 0 Å². The Labute approximate surface area is 115 Å². The zero-order valence-corrected chi connectivity index (χ0v) is 12.0. The molecule has 0 spiro atoms. The number of hydrogen-bond donors (Lipinski definition) is 1. The number of carbonyl (C=O) groups excluding carboxylic acids is 1. The number of thioether (sulfide) groups is 1. The molecule has 1 aromatic heterocycles. The van der Waals surface area contributed by atoms with Gasteiger partial charge in [-0.05, 0) is 38.1 Å². The second-order valence-corrected chi connectivity index (χ2v) is 6.83. The molecule has 0 aliphatic carbocycles. The van der Waals surface area contributed by atoms with Crippen LogP contribution in [0.3, 0.4) is 0 Å². The highest BCUT2D eigenvalue weighted by molar-refractivity contribution is 8.00. The Hall–Kier alpha value is -0.590. The molecule has 1 aromatic rings. The van der Waals surface area contributed by atoms with Crippen LogP contribution in [0.15, 0.2) is 9.72 Å². The minimum atomic E-state index is -0.00898. The van der Waals surface area contributed by atoms with E-state index in [9.17, 15) is 4.79 Å². The minimum absolute atomic E-state index is 0.00898. The fourth-order valence-electron chi connectivity index (χ4n) is 2.83. The minimum Gasteiger partial charge on any atom is -0.346 e. The first kappa shape index (κ1) is 12.4. The average molecular weight is 283 g/mol. The summed E-state index contributed by atoms with van der Waals surface area (Å²) in [7, 11) is 0. The van der Waals surface area contributed by atoms with Gasteiger partial charge in [-0.15, -0.1) is 11.3 Å². The number of carbonyl (C=O) groups is 1. The molecule has 1 atom stereocenters. The van der Waals surface area contributed by atoms with E-state index >= 15 is 0 Å². The smallest absolute Gasteiger partial charge is 0.271 e. The maximum atomic E-state index is 12.1. The van der Waals surface area contributed by atoms with E-state index in [4.69, 9.17) is 0 Å². The maximum absolute atomic E-state index is 12.1. The molecule has 3 aliphatic rings. The average Bonchev–Trinajstić information content (AvgIpc) is 2.89. The Morgan fingerprint density at radius 3 is 2.89 bits per heavy atom. The van der Waals surface area contributed by atoms with Crippen LogP contribution in [-0.2, 0) is 0 Å². The molecule has 0 saturated carbocycles.